The average Bonchev–Trinajstić information content (AvgIpc) is 2.41. The number of rotatable bonds is 4. The molecule has 100 valence electrons. The Morgan fingerprint density at radius 3 is 3.06 bits per heavy atom. The second-order valence-corrected chi connectivity index (χ2v) is 6.39. The number of aromatic nitrogens is 2. The molecule has 1 aromatic heterocycles. The molecular formula is C11H18BrN5S. The van der Waals surface area contributed by atoms with E-state index in [2.05, 4.69) is 42.9 Å². The molecule has 2 unspecified atom stereocenters. The summed E-state index contributed by atoms with van der Waals surface area (Å²) in [6, 6.07) is 0.480. The summed E-state index contributed by atoms with van der Waals surface area (Å²) in [5.41, 5.74) is 2.46. The number of hydrogen-bond acceptors (Lipinski definition) is 6. The first-order valence-electron chi connectivity index (χ1n) is 6.01. The molecule has 1 aromatic rings. The van der Waals surface area contributed by atoms with Crippen LogP contribution < -0.4 is 16.6 Å². The zero-order valence-corrected chi connectivity index (χ0v) is 12.7. The number of anilines is 2. The number of nitrogen functional groups attached to an aromatic ring is 1. The average molecular weight is 332 g/mol. The Bertz CT molecular complexity index is 403. The zero-order chi connectivity index (χ0) is 13.0. The predicted molar refractivity (Wildman–Crippen MR) is 80.7 cm³/mol. The molecule has 2 atom stereocenters. The number of hydrogen-bond donors (Lipinski definition) is 3. The molecule has 0 bridgehead atoms. The number of halogens is 1. The Morgan fingerprint density at radius 1 is 1.50 bits per heavy atom. The third kappa shape index (κ3) is 3.49. The minimum atomic E-state index is 0.429. The van der Waals surface area contributed by atoms with Gasteiger partial charge in [-0.1, -0.05) is 6.42 Å². The number of nitrogens with zero attached hydrogens (tertiary/aromatic N) is 2. The summed E-state index contributed by atoms with van der Waals surface area (Å²) in [6.07, 6.45) is 8.86. The largest absolute Gasteiger partial charge is 0.366 e. The van der Waals surface area contributed by atoms with Crippen molar-refractivity contribution in [2.45, 2.75) is 37.0 Å². The van der Waals surface area contributed by atoms with Crippen molar-refractivity contribution in [2.24, 2.45) is 5.84 Å². The van der Waals surface area contributed by atoms with Gasteiger partial charge in [0.25, 0.3) is 0 Å². The van der Waals surface area contributed by atoms with Gasteiger partial charge < -0.3 is 5.32 Å². The van der Waals surface area contributed by atoms with E-state index in [1.807, 2.05) is 11.8 Å². The smallest absolute Gasteiger partial charge is 0.239 e. The first-order chi connectivity index (χ1) is 8.72. The van der Waals surface area contributed by atoms with Gasteiger partial charge in [-0.05, 0) is 41.4 Å². The Balaban J connectivity index is 2.04. The molecule has 4 N–H and O–H groups in total. The first-order valence-corrected chi connectivity index (χ1v) is 8.09. The van der Waals surface area contributed by atoms with E-state index in [0.717, 1.165) is 15.5 Å². The monoisotopic (exact) mass is 331 g/mol. The number of thioether (sulfide) groups is 1. The quantitative estimate of drug-likeness (QED) is 0.581. The van der Waals surface area contributed by atoms with Gasteiger partial charge in [0.05, 0.1) is 4.47 Å². The van der Waals surface area contributed by atoms with Crippen LogP contribution in [0.3, 0.4) is 0 Å². The van der Waals surface area contributed by atoms with Gasteiger partial charge in [0.15, 0.2) is 0 Å². The molecule has 0 aromatic carbocycles. The fourth-order valence-corrected chi connectivity index (χ4v) is 3.35. The van der Waals surface area contributed by atoms with Crippen molar-refractivity contribution in [3.8, 4) is 0 Å². The maximum absolute atomic E-state index is 5.32. The highest BCUT2D eigenvalue weighted by molar-refractivity contribution is 9.10. The van der Waals surface area contributed by atoms with Crippen molar-refractivity contribution in [2.75, 3.05) is 17.0 Å². The van der Waals surface area contributed by atoms with Crippen LogP contribution in [0.5, 0.6) is 0 Å². The standard InChI is InChI=1S/C11H18BrN5S/c1-18-8-4-2-3-7(5-8)15-10-9(12)6-14-11(16-10)17-13/h6-8H,2-5,13H2,1H3,(H2,14,15,16,17). The highest BCUT2D eigenvalue weighted by Crippen LogP contribution is 2.30. The number of nitrogens with two attached hydrogens (primary N) is 1. The minimum absolute atomic E-state index is 0.429. The van der Waals surface area contributed by atoms with Gasteiger partial charge in [-0.25, -0.2) is 10.8 Å². The van der Waals surface area contributed by atoms with Crippen LogP contribution in [-0.4, -0.2) is 27.5 Å². The second-order valence-electron chi connectivity index (χ2n) is 4.40. The topological polar surface area (TPSA) is 75.9 Å². The van der Waals surface area contributed by atoms with Crippen LogP contribution >= 0.6 is 27.7 Å². The molecule has 1 aliphatic carbocycles. The molecule has 1 aliphatic rings. The summed E-state index contributed by atoms with van der Waals surface area (Å²) in [4.78, 5) is 8.37. The lowest BCUT2D eigenvalue weighted by Crippen LogP contribution is -2.29. The Labute approximate surface area is 120 Å². The first kappa shape index (κ1) is 13.9. The van der Waals surface area contributed by atoms with Gasteiger partial charge >= 0.3 is 0 Å². The molecule has 1 saturated carbocycles. The molecule has 0 amide bonds. The minimum Gasteiger partial charge on any atom is -0.366 e. The summed E-state index contributed by atoms with van der Waals surface area (Å²) < 4.78 is 0.868. The van der Waals surface area contributed by atoms with Gasteiger partial charge in [-0.2, -0.15) is 16.7 Å². The molecule has 7 heteroatoms. The van der Waals surface area contributed by atoms with E-state index in [4.69, 9.17) is 5.84 Å². The Morgan fingerprint density at radius 2 is 2.33 bits per heavy atom. The molecule has 2 rings (SSSR count). The fraction of sp³-hybridized carbons (Fsp3) is 0.636. The number of nitrogens with one attached hydrogen (secondary N) is 2. The highest BCUT2D eigenvalue weighted by Gasteiger charge is 2.22. The van der Waals surface area contributed by atoms with Gasteiger partial charge in [0.2, 0.25) is 5.95 Å². The van der Waals surface area contributed by atoms with Crippen molar-refractivity contribution in [3.05, 3.63) is 10.7 Å². The molecule has 1 heterocycles. The Hall–Kier alpha value is -0.530. The summed E-state index contributed by atoms with van der Waals surface area (Å²) >= 11 is 5.41. The van der Waals surface area contributed by atoms with E-state index in [-0.39, 0.29) is 0 Å². The SMILES string of the molecule is CSC1CCCC(Nc2nc(NN)ncc2Br)C1. The van der Waals surface area contributed by atoms with E-state index in [9.17, 15) is 0 Å². The normalized spacial score (nSPS) is 23.7. The van der Waals surface area contributed by atoms with Crippen molar-refractivity contribution in [3.63, 3.8) is 0 Å². The Kier molecular flexibility index (Phi) is 5.08. The van der Waals surface area contributed by atoms with Crippen molar-refractivity contribution in [1.82, 2.24) is 9.97 Å². The molecule has 18 heavy (non-hydrogen) atoms. The third-order valence-corrected chi connectivity index (χ3v) is 4.85. The molecule has 0 spiro atoms. The summed E-state index contributed by atoms with van der Waals surface area (Å²) in [7, 11) is 0. The zero-order valence-electron chi connectivity index (χ0n) is 10.3. The van der Waals surface area contributed by atoms with Crippen LogP contribution in [0.4, 0.5) is 11.8 Å². The maximum atomic E-state index is 5.32. The van der Waals surface area contributed by atoms with E-state index < -0.39 is 0 Å². The van der Waals surface area contributed by atoms with Crippen molar-refractivity contribution >= 4 is 39.5 Å². The lowest BCUT2D eigenvalue weighted by atomic mass is 9.95. The van der Waals surface area contributed by atoms with Gasteiger partial charge in [0.1, 0.15) is 5.82 Å². The lowest BCUT2D eigenvalue weighted by Gasteiger charge is -2.29. The molecule has 0 aliphatic heterocycles. The van der Waals surface area contributed by atoms with Crippen LogP contribution in [0.2, 0.25) is 0 Å². The van der Waals surface area contributed by atoms with E-state index >= 15 is 0 Å². The van der Waals surface area contributed by atoms with Crippen LogP contribution in [0, 0.1) is 0 Å². The summed E-state index contributed by atoms with van der Waals surface area (Å²) in [6.45, 7) is 0. The molecular weight excluding hydrogens is 314 g/mol. The molecule has 0 saturated heterocycles. The van der Waals surface area contributed by atoms with Crippen LogP contribution in [0.15, 0.2) is 10.7 Å². The van der Waals surface area contributed by atoms with Gasteiger partial charge in [0, 0.05) is 17.5 Å². The lowest BCUT2D eigenvalue weighted by molar-refractivity contribution is 0.472. The number of hydrazine groups is 1. The molecule has 0 radical (unpaired) electrons. The third-order valence-electron chi connectivity index (χ3n) is 3.17. The van der Waals surface area contributed by atoms with Gasteiger partial charge in [-0.3, -0.25) is 5.43 Å². The van der Waals surface area contributed by atoms with E-state index in [1.54, 1.807) is 6.20 Å². The van der Waals surface area contributed by atoms with E-state index in [1.165, 1.54) is 25.7 Å². The van der Waals surface area contributed by atoms with Crippen LogP contribution in [0.25, 0.3) is 0 Å². The second kappa shape index (κ2) is 6.58. The van der Waals surface area contributed by atoms with Crippen molar-refractivity contribution < 1.29 is 0 Å². The molecule has 1 fully saturated rings. The van der Waals surface area contributed by atoms with Crippen LogP contribution in [0.1, 0.15) is 25.7 Å². The van der Waals surface area contributed by atoms with Gasteiger partial charge in [-0.15, -0.1) is 0 Å². The highest BCUT2D eigenvalue weighted by atomic mass is 79.9. The predicted octanol–water partition coefficient (Wildman–Crippen LogP) is 2.61. The van der Waals surface area contributed by atoms with E-state index in [0.29, 0.717) is 12.0 Å². The fourth-order valence-electron chi connectivity index (χ4n) is 2.22. The summed E-state index contributed by atoms with van der Waals surface area (Å²) in [5, 5.41) is 4.23. The van der Waals surface area contributed by atoms with Crippen LogP contribution in [-0.2, 0) is 0 Å². The molecule has 5 nitrogen and oxygen atoms in total. The maximum Gasteiger partial charge on any atom is 0.239 e. The summed E-state index contributed by atoms with van der Waals surface area (Å²) in [5.74, 6) is 6.56. The van der Waals surface area contributed by atoms with Crippen molar-refractivity contribution in [1.29, 1.82) is 0 Å².